The van der Waals surface area contributed by atoms with Crippen molar-refractivity contribution >= 4 is 22.9 Å². The molecule has 0 saturated heterocycles. The van der Waals surface area contributed by atoms with Crippen molar-refractivity contribution in [2.75, 3.05) is 5.73 Å². The van der Waals surface area contributed by atoms with Crippen molar-refractivity contribution in [1.29, 1.82) is 0 Å². The van der Waals surface area contributed by atoms with Crippen LogP contribution in [0.3, 0.4) is 0 Å². The van der Waals surface area contributed by atoms with E-state index in [-0.39, 0.29) is 0 Å². The summed E-state index contributed by atoms with van der Waals surface area (Å²) in [5.41, 5.74) is 7.27. The Morgan fingerprint density at radius 2 is 2.16 bits per heavy atom. The fraction of sp³-hybridized carbons (Fsp3) is 0. The number of hydrogen-bond donors (Lipinski definition) is 2. The summed E-state index contributed by atoms with van der Waals surface area (Å²) in [6.07, 6.45) is 4.21. The van der Waals surface area contributed by atoms with Crippen LogP contribution in [0.2, 0.25) is 0 Å². The van der Waals surface area contributed by atoms with Gasteiger partial charge in [-0.05, 0) is 6.07 Å². The van der Waals surface area contributed by atoms with Crippen LogP contribution in [-0.4, -0.2) is 25.1 Å². The summed E-state index contributed by atoms with van der Waals surface area (Å²) >= 11 is 0. The van der Waals surface area contributed by atoms with Crippen LogP contribution in [0.1, 0.15) is 5.56 Å². The van der Waals surface area contributed by atoms with Crippen molar-refractivity contribution in [2.45, 2.75) is 0 Å². The number of anilines is 1. The van der Waals surface area contributed by atoms with Gasteiger partial charge in [-0.1, -0.05) is 12.7 Å². The van der Waals surface area contributed by atoms with E-state index in [1.165, 1.54) is 6.07 Å². The Morgan fingerprint density at radius 1 is 1.32 bits per heavy atom. The maximum absolute atomic E-state index is 13.2. The van der Waals surface area contributed by atoms with Gasteiger partial charge in [0.05, 0.1) is 11.6 Å². The summed E-state index contributed by atoms with van der Waals surface area (Å²) in [4.78, 5) is 12.2. The maximum Gasteiger partial charge on any atom is 0.181 e. The number of nitrogen functional groups attached to an aromatic ring is 1. The molecule has 19 heavy (non-hydrogen) atoms. The van der Waals surface area contributed by atoms with Crippen LogP contribution in [-0.2, 0) is 0 Å². The number of H-pyrrole nitrogens is 1. The normalized spacial score (nSPS) is 10.8. The van der Waals surface area contributed by atoms with Crippen molar-refractivity contribution < 1.29 is 4.39 Å². The first kappa shape index (κ1) is 11.3. The van der Waals surface area contributed by atoms with Crippen LogP contribution in [0.25, 0.3) is 28.6 Å². The van der Waals surface area contributed by atoms with Crippen molar-refractivity contribution in [3.05, 3.63) is 36.4 Å². The van der Waals surface area contributed by atoms with Gasteiger partial charge in [-0.2, -0.15) is 5.10 Å². The highest BCUT2D eigenvalue weighted by molar-refractivity contribution is 5.88. The molecule has 0 unspecified atom stereocenters. The van der Waals surface area contributed by atoms with Gasteiger partial charge in [0, 0.05) is 11.8 Å². The highest BCUT2D eigenvalue weighted by Gasteiger charge is 2.13. The average molecular weight is 256 g/mol. The summed E-state index contributed by atoms with van der Waals surface area (Å²) in [7, 11) is 0. The van der Waals surface area contributed by atoms with Crippen LogP contribution < -0.4 is 5.73 Å². The Balaban J connectivity index is 2.21. The van der Waals surface area contributed by atoms with E-state index in [0.717, 1.165) is 6.20 Å². The van der Waals surface area contributed by atoms with Gasteiger partial charge in [-0.25, -0.2) is 19.3 Å². The Morgan fingerprint density at radius 3 is 2.89 bits per heavy atom. The van der Waals surface area contributed by atoms with Gasteiger partial charge in [0.25, 0.3) is 0 Å². The van der Waals surface area contributed by atoms with Gasteiger partial charge in [0.1, 0.15) is 17.3 Å². The molecule has 3 rings (SSSR count). The zero-order valence-electron chi connectivity index (χ0n) is 9.76. The quantitative estimate of drug-likeness (QED) is 0.728. The van der Waals surface area contributed by atoms with Crippen molar-refractivity contribution in [1.82, 2.24) is 25.1 Å². The molecule has 0 atom stereocenters. The second-order valence-corrected chi connectivity index (χ2v) is 3.86. The molecule has 0 aliphatic heterocycles. The lowest BCUT2D eigenvalue weighted by Gasteiger charge is -2.01. The first-order valence-electron chi connectivity index (χ1n) is 5.44. The molecule has 3 aromatic heterocycles. The number of nitrogens with two attached hydrogens (primary N) is 1. The van der Waals surface area contributed by atoms with Gasteiger partial charge in [-0.3, -0.25) is 5.10 Å². The predicted molar refractivity (Wildman–Crippen MR) is 69.4 cm³/mol. The lowest BCUT2D eigenvalue weighted by atomic mass is 10.2. The summed E-state index contributed by atoms with van der Waals surface area (Å²) in [5.74, 6) is 0.177. The number of aromatic nitrogens is 5. The summed E-state index contributed by atoms with van der Waals surface area (Å²) < 4.78 is 13.2. The van der Waals surface area contributed by atoms with E-state index in [2.05, 4.69) is 31.7 Å². The molecule has 3 N–H and O–H groups in total. The zero-order valence-corrected chi connectivity index (χ0v) is 9.76. The third-order valence-electron chi connectivity index (χ3n) is 2.67. The Bertz CT molecular complexity index is 779. The van der Waals surface area contributed by atoms with E-state index in [4.69, 9.17) is 5.73 Å². The fourth-order valence-electron chi connectivity index (χ4n) is 1.73. The highest BCUT2D eigenvalue weighted by atomic mass is 19.1. The van der Waals surface area contributed by atoms with E-state index in [0.29, 0.717) is 33.9 Å². The molecule has 0 bridgehead atoms. The largest absolute Gasteiger partial charge is 0.383 e. The number of nitrogens with zero attached hydrogens (tertiary/aromatic N) is 4. The molecule has 7 heteroatoms. The molecule has 0 fully saturated rings. The fourth-order valence-corrected chi connectivity index (χ4v) is 1.73. The van der Waals surface area contributed by atoms with Crippen LogP contribution >= 0.6 is 0 Å². The summed E-state index contributed by atoms with van der Waals surface area (Å²) in [6, 6.07) is 1.32. The topological polar surface area (TPSA) is 93.4 Å². The van der Waals surface area contributed by atoms with Gasteiger partial charge >= 0.3 is 0 Å². The van der Waals surface area contributed by atoms with Gasteiger partial charge in [0.15, 0.2) is 11.5 Å². The Labute approximate surface area is 107 Å². The molecule has 0 aromatic carbocycles. The number of hydrogen-bond acceptors (Lipinski definition) is 5. The van der Waals surface area contributed by atoms with Crippen LogP contribution in [0, 0.1) is 5.82 Å². The molecule has 0 radical (unpaired) electrons. The molecular formula is C12H9FN6. The molecule has 0 spiro atoms. The van der Waals surface area contributed by atoms with E-state index in [1.54, 1.807) is 12.3 Å². The molecule has 94 valence electrons. The third-order valence-corrected chi connectivity index (χ3v) is 2.67. The van der Waals surface area contributed by atoms with Crippen molar-refractivity contribution in [3.63, 3.8) is 0 Å². The number of nitrogens with one attached hydrogen (secondary N) is 1. The molecule has 0 aliphatic carbocycles. The van der Waals surface area contributed by atoms with Crippen molar-refractivity contribution in [2.24, 2.45) is 0 Å². The first-order chi connectivity index (χ1) is 9.19. The lowest BCUT2D eigenvalue weighted by Crippen LogP contribution is -1.98. The predicted octanol–water partition coefficient (Wildman–Crippen LogP) is 1.78. The summed E-state index contributed by atoms with van der Waals surface area (Å²) in [5, 5.41) is 7.21. The molecule has 6 nitrogen and oxygen atoms in total. The summed E-state index contributed by atoms with van der Waals surface area (Å²) in [6.45, 7) is 3.61. The molecule has 0 aliphatic rings. The van der Waals surface area contributed by atoms with Crippen LogP contribution in [0.15, 0.2) is 25.0 Å². The molecule has 0 amide bonds. The third kappa shape index (κ3) is 1.81. The Hall–Kier alpha value is -2.83. The molecular weight excluding hydrogens is 247 g/mol. The lowest BCUT2D eigenvalue weighted by molar-refractivity contribution is 0.624. The van der Waals surface area contributed by atoms with Gasteiger partial charge in [-0.15, -0.1) is 0 Å². The number of halogens is 1. The van der Waals surface area contributed by atoms with E-state index < -0.39 is 5.82 Å². The van der Waals surface area contributed by atoms with E-state index in [1.807, 2.05) is 0 Å². The second-order valence-electron chi connectivity index (χ2n) is 3.86. The zero-order chi connectivity index (χ0) is 13.4. The maximum atomic E-state index is 13.2. The molecule has 0 saturated carbocycles. The van der Waals surface area contributed by atoms with Gasteiger partial charge in [0.2, 0.25) is 0 Å². The SMILES string of the molecule is C=Cc1cnc(-c2[nH]nc3ncc(F)cc23)nc1N. The van der Waals surface area contributed by atoms with E-state index in [9.17, 15) is 4.39 Å². The van der Waals surface area contributed by atoms with Crippen LogP contribution in [0.5, 0.6) is 0 Å². The Kier molecular flexibility index (Phi) is 2.45. The first-order valence-corrected chi connectivity index (χ1v) is 5.44. The number of pyridine rings is 1. The highest BCUT2D eigenvalue weighted by Crippen LogP contribution is 2.24. The molecule has 3 aromatic rings. The standard InChI is InChI=1S/C12H9FN6/c1-2-6-4-15-12(17-10(6)14)9-8-3-7(13)5-16-11(8)19-18-9/h2-5H,1H2,(H2,14,15,17)(H,16,18,19). The minimum absolute atomic E-state index is 0.298. The van der Waals surface area contributed by atoms with Crippen molar-refractivity contribution in [3.8, 4) is 11.5 Å². The smallest absolute Gasteiger partial charge is 0.181 e. The minimum atomic E-state index is -0.453. The van der Waals surface area contributed by atoms with Gasteiger partial charge < -0.3 is 5.73 Å². The monoisotopic (exact) mass is 256 g/mol. The number of rotatable bonds is 2. The molecule has 3 heterocycles. The van der Waals surface area contributed by atoms with Crippen LogP contribution in [0.4, 0.5) is 10.2 Å². The minimum Gasteiger partial charge on any atom is -0.383 e. The number of aromatic amines is 1. The van der Waals surface area contributed by atoms with E-state index >= 15 is 0 Å². The average Bonchev–Trinajstić information content (AvgIpc) is 2.81. The number of fused-ring (bicyclic) bond motifs is 1. The second kappa shape index (κ2) is 4.13.